The molecule has 1 amide bonds. The van der Waals surface area contributed by atoms with E-state index in [1.54, 1.807) is 6.07 Å². The monoisotopic (exact) mass is 307 g/mol. The van der Waals surface area contributed by atoms with Crippen molar-refractivity contribution in [2.24, 2.45) is 17.8 Å². The first-order valence-electron chi connectivity index (χ1n) is 7.37. The third-order valence-electron chi connectivity index (χ3n) is 4.61. The van der Waals surface area contributed by atoms with Gasteiger partial charge in [0.2, 0.25) is 0 Å². The van der Waals surface area contributed by atoms with Gasteiger partial charge < -0.3 is 14.7 Å². The van der Waals surface area contributed by atoms with Crippen molar-refractivity contribution in [3.63, 3.8) is 0 Å². The first-order valence-corrected chi connectivity index (χ1v) is 7.37. The topological polar surface area (TPSA) is 66.8 Å². The molecule has 1 aromatic carbocycles. The van der Waals surface area contributed by atoms with Crippen molar-refractivity contribution in [2.75, 3.05) is 20.2 Å². The molecule has 0 unspecified atom stereocenters. The van der Waals surface area contributed by atoms with E-state index in [0.717, 1.165) is 12.8 Å². The summed E-state index contributed by atoms with van der Waals surface area (Å²) in [5.74, 6) is -2.21. The van der Waals surface area contributed by atoms with E-state index in [-0.39, 0.29) is 23.8 Å². The van der Waals surface area contributed by atoms with Crippen LogP contribution in [0.1, 0.15) is 23.2 Å². The van der Waals surface area contributed by atoms with Gasteiger partial charge in [0, 0.05) is 13.1 Å². The first kappa shape index (κ1) is 14.8. The molecule has 3 rings (SSSR count). The Hall–Kier alpha value is -2.11. The second kappa shape index (κ2) is 5.59. The molecule has 6 heteroatoms. The molecular weight excluding hydrogens is 289 g/mol. The second-order valence-electron chi connectivity index (χ2n) is 5.98. The van der Waals surface area contributed by atoms with Gasteiger partial charge in [0.1, 0.15) is 0 Å². The highest BCUT2D eigenvalue weighted by Gasteiger charge is 2.47. The molecule has 22 heavy (non-hydrogen) atoms. The smallest absolute Gasteiger partial charge is 0.308 e. The van der Waals surface area contributed by atoms with Crippen molar-refractivity contribution in [1.29, 1.82) is 0 Å². The molecule has 0 radical (unpaired) electrons. The van der Waals surface area contributed by atoms with Crippen LogP contribution in [-0.2, 0) is 4.79 Å². The van der Waals surface area contributed by atoms with Gasteiger partial charge in [0.15, 0.2) is 11.6 Å². The molecule has 118 valence electrons. The van der Waals surface area contributed by atoms with Gasteiger partial charge in [-0.1, -0.05) is 6.07 Å². The lowest BCUT2D eigenvalue weighted by atomic mass is 9.92. The van der Waals surface area contributed by atoms with E-state index < -0.39 is 23.6 Å². The summed E-state index contributed by atoms with van der Waals surface area (Å²) < 4.78 is 19.1. The maximum atomic E-state index is 14.2. The highest BCUT2D eigenvalue weighted by molar-refractivity contribution is 5.95. The Morgan fingerprint density at radius 1 is 1.32 bits per heavy atom. The first-order chi connectivity index (χ1) is 10.5. The van der Waals surface area contributed by atoms with Gasteiger partial charge in [0.05, 0.1) is 18.6 Å². The van der Waals surface area contributed by atoms with Gasteiger partial charge in [-0.25, -0.2) is 4.39 Å². The number of benzene rings is 1. The number of methoxy groups -OCH3 is 1. The number of rotatable bonds is 4. The zero-order chi connectivity index (χ0) is 15.9. The highest BCUT2D eigenvalue weighted by Crippen LogP contribution is 2.44. The van der Waals surface area contributed by atoms with E-state index in [1.807, 2.05) is 0 Å². The van der Waals surface area contributed by atoms with E-state index in [4.69, 9.17) is 4.74 Å². The van der Waals surface area contributed by atoms with Crippen molar-refractivity contribution in [1.82, 2.24) is 4.90 Å². The van der Waals surface area contributed by atoms with Crippen molar-refractivity contribution < 1.29 is 23.8 Å². The number of carboxylic acid groups (broad SMARTS) is 1. The SMILES string of the molecule is COc1cccc(C(=O)N2C[C@H](C(=O)O)[C@@H](C3CC3)C2)c1F. The fraction of sp³-hybridized carbons (Fsp3) is 0.500. The van der Waals surface area contributed by atoms with Crippen LogP contribution in [0.3, 0.4) is 0 Å². The number of ether oxygens (including phenoxy) is 1. The molecule has 0 aromatic heterocycles. The zero-order valence-corrected chi connectivity index (χ0v) is 12.3. The molecule has 0 bridgehead atoms. The summed E-state index contributed by atoms with van der Waals surface area (Å²) >= 11 is 0. The van der Waals surface area contributed by atoms with Gasteiger partial charge >= 0.3 is 5.97 Å². The van der Waals surface area contributed by atoms with E-state index >= 15 is 0 Å². The van der Waals surface area contributed by atoms with E-state index in [1.165, 1.54) is 24.1 Å². The van der Waals surface area contributed by atoms with E-state index in [0.29, 0.717) is 12.5 Å². The largest absolute Gasteiger partial charge is 0.494 e. The average Bonchev–Trinajstić information content (AvgIpc) is 3.25. The standard InChI is InChI=1S/C16H18FNO4/c1-22-13-4-2-3-10(14(13)17)15(19)18-7-11(9-5-6-9)12(8-18)16(20)21/h2-4,9,11-12H,5-8H2,1H3,(H,20,21)/t11-,12+/m1/s1. The number of hydrogen-bond acceptors (Lipinski definition) is 3. The third-order valence-corrected chi connectivity index (χ3v) is 4.61. The minimum Gasteiger partial charge on any atom is -0.494 e. The highest BCUT2D eigenvalue weighted by atomic mass is 19.1. The maximum Gasteiger partial charge on any atom is 0.308 e. The molecule has 1 N–H and O–H groups in total. The van der Waals surface area contributed by atoms with Gasteiger partial charge in [-0.2, -0.15) is 0 Å². The summed E-state index contributed by atoms with van der Waals surface area (Å²) in [5.41, 5.74) is -0.0695. The Kier molecular flexibility index (Phi) is 3.76. The molecule has 0 spiro atoms. The van der Waals surface area contributed by atoms with Crippen LogP contribution in [0.2, 0.25) is 0 Å². The van der Waals surface area contributed by atoms with Crippen LogP contribution in [0, 0.1) is 23.6 Å². The van der Waals surface area contributed by atoms with Gasteiger partial charge in [-0.3, -0.25) is 9.59 Å². The van der Waals surface area contributed by atoms with Gasteiger partial charge in [-0.05, 0) is 36.8 Å². The molecule has 1 heterocycles. The summed E-state index contributed by atoms with van der Waals surface area (Å²) in [5, 5.41) is 9.34. The lowest BCUT2D eigenvalue weighted by Crippen LogP contribution is -2.30. The Balaban J connectivity index is 1.82. The number of likely N-dealkylation sites (tertiary alicyclic amines) is 1. The van der Waals surface area contributed by atoms with Gasteiger partial charge in [-0.15, -0.1) is 0 Å². The zero-order valence-electron chi connectivity index (χ0n) is 12.3. The number of carbonyl (C=O) groups is 2. The van der Waals surface area contributed by atoms with Crippen LogP contribution < -0.4 is 4.74 Å². The molecule has 2 aliphatic rings. The van der Waals surface area contributed by atoms with E-state index in [9.17, 15) is 19.1 Å². The van der Waals surface area contributed by atoms with Crippen molar-refractivity contribution >= 4 is 11.9 Å². The summed E-state index contributed by atoms with van der Waals surface area (Å²) in [7, 11) is 1.34. The summed E-state index contributed by atoms with van der Waals surface area (Å²) in [6, 6.07) is 4.40. The fourth-order valence-corrected chi connectivity index (χ4v) is 3.26. The quantitative estimate of drug-likeness (QED) is 0.924. The fourth-order valence-electron chi connectivity index (χ4n) is 3.26. The third kappa shape index (κ3) is 2.53. The van der Waals surface area contributed by atoms with Crippen molar-refractivity contribution in [3.8, 4) is 5.75 Å². The number of aliphatic carboxylic acids is 1. The van der Waals surface area contributed by atoms with Gasteiger partial charge in [0.25, 0.3) is 5.91 Å². The normalized spacial score (nSPS) is 24.4. The lowest BCUT2D eigenvalue weighted by molar-refractivity contribution is -0.142. The summed E-state index contributed by atoms with van der Waals surface area (Å²) in [6.07, 6.45) is 2.04. The lowest BCUT2D eigenvalue weighted by Gasteiger charge is -2.17. The molecule has 1 saturated heterocycles. The molecule has 1 saturated carbocycles. The van der Waals surface area contributed by atoms with Crippen molar-refractivity contribution in [3.05, 3.63) is 29.6 Å². The Morgan fingerprint density at radius 2 is 2.05 bits per heavy atom. The molecule has 1 aromatic rings. The molecule has 5 nitrogen and oxygen atoms in total. The Labute approximate surface area is 127 Å². The van der Waals surface area contributed by atoms with Crippen LogP contribution in [-0.4, -0.2) is 42.1 Å². The number of carbonyl (C=O) groups excluding carboxylic acids is 1. The van der Waals surface area contributed by atoms with Crippen LogP contribution >= 0.6 is 0 Å². The van der Waals surface area contributed by atoms with Crippen LogP contribution in [0.5, 0.6) is 5.75 Å². The number of amides is 1. The van der Waals surface area contributed by atoms with Crippen LogP contribution in [0.15, 0.2) is 18.2 Å². The number of carboxylic acids is 1. The molecule has 2 fully saturated rings. The Morgan fingerprint density at radius 3 is 2.64 bits per heavy atom. The number of halogens is 1. The molecule has 1 aliphatic heterocycles. The van der Waals surface area contributed by atoms with Crippen LogP contribution in [0.25, 0.3) is 0 Å². The Bertz CT molecular complexity index is 614. The summed E-state index contributed by atoms with van der Waals surface area (Å²) in [6.45, 7) is 0.531. The summed E-state index contributed by atoms with van der Waals surface area (Å²) in [4.78, 5) is 25.4. The molecular formula is C16H18FNO4. The second-order valence-corrected chi connectivity index (χ2v) is 5.98. The van der Waals surface area contributed by atoms with Crippen LogP contribution in [0.4, 0.5) is 4.39 Å². The predicted molar refractivity (Wildman–Crippen MR) is 76.2 cm³/mol. The molecule has 2 atom stereocenters. The average molecular weight is 307 g/mol. The van der Waals surface area contributed by atoms with E-state index in [2.05, 4.69) is 0 Å². The number of nitrogens with zero attached hydrogens (tertiary/aromatic N) is 1. The minimum atomic E-state index is -0.877. The predicted octanol–water partition coefficient (Wildman–Crippen LogP) is 2.02. The number of hydrogen-bond donors (Lipinski definition) is 1. The minimum absolute atomic E-state index is 0.0126. The maximum absolute atomic E-state index is 14.2. The molecule has 1 aliphatic carbocycles. The van der Waals surface area contributed by atoms with Crippen molar-refractivity contribution in [2.45, 2.75) is 12.8 Å².